The van der Waals surface area contributed by atoms with Gasteiger partial charge in [-0.15, -0.1) is 0 Å². The molecule has 0 aromatic heterocycles. The van der Waals surface area contributed by atoms with Crippen LogP contribution in [0.15, 0.2) is 0 Å². The highest BCUT2D eigenvalue weighted by molar-refractivity contribution is 5.78. The molecule has 1 atom stereocenters. The fourth-order valence-corrected chi connectivity index (χ4v) is 2.65. The van der Waals surface area contributed by atoms with E-state index >= 15 is 0 Å². The molecule has 0 aromatic rings. The number of hydrogen-bond donors (Lipinski definition) is 2. The first-order valence-corrected chi connectivity index (χ1v) is 7.31. The number of aliphatic carboxylic acids is 1. The molecule has 1 saturated heterocycles. The number of carboxylic acid groups (broad SMARTS) is 1. The third-order valence-corrected chi connectivity index (χ3v) is 3.76. The smallest absolute Gasteiger partial charge is 0.323 e. The number of rotatable bonds is 8. The molecule has 0 aromatic carbocycles. The Hall–Kier alpha value is -0.650. The van der Waals surface area contributed by atoms with Crippen molar-refractivity contribution in [1.82, 2.24) is 10.2 Å². The zero-order valence-electron chi connectivity index (χ0n) is 12.4. The molecule has 5 heteroatoms. The molecule has 2 N–H and O–H groups in total. The van der Waals surface area contributed by atoms with Gasteiger partial charge >= 0.3 is 5.97 Å². The first kappa shape index (κ1) is 16.4. The minimum absolute atomic E-state index is 0.180. The average molecular weight is 272 g/mol. The molecule has 1 heterocycles. The first-order chi connectivity index (χ1) is 9.00. The second kappa shape index (κ2) is 7.82. The highest BCUT2D eigenvalue weighted by atomic mass is 16.5. The van der Waals surface area contributed by atoms with Gasteiger partial charge in [0.05, 0.1) is 13.2 Å². The zero-order chi connectivity index (χ0) is 14.3. The molecule has 5 nitrogen and oxygen atoms in total. The van der Waals surface area contributed by atoms with Gasteiger partial charge in [-0.3, -0.25) is 15.0 Å². The second-order valence-electron chi connectivity index (χ2n) is 5.60. The van der Waals surface area contributed by atoms with E-state index < -0.39 is 11.5 Å². The summed E-state index contributed by atoms with van der Waals surface area (Å²) < 4.78 is 5.31. The van der Waals surface area contributed by atoms with Crippen molar-refractivity contribution in [1.29, 1.82) is 0 Å². The number of nitrogens with zero attached hydrogens (tertiary/aromatic N) is 1. The van der Waals surface area contributed by atoms with Crippen molar-refractivity contribution in [3.8, 4) is 0 Å². The minimum Gasteiger partial charge on any atom is -0.480 e. The number of carbonyl (C=O) groups is 1. The van der Waals surface area contributed by atoms with Crippen molar-refractivity contribution in [2.75, 3.05) is 32.8 Å². The average Bonchev–Trinajstić information content (AvgIpc) is 2.38. The summed E-state index contributed by atoms with van der Waals surface area (Å²) >= 11 is 0. The molecule has 0 saturated carbocycles. The molecule has 0 amide bonds. The molecule has 1 unspecified atom stereocenters. The highest BCUT2D eigenvalue weighted by Crippen LogP contribution is 2.19. The monoisotopic (exact) mass is 272 g/mol. The van der Waals surface area contributed by atoms with E-state index in [1.807, 2.05) is 20.8 Å². The van der Waals surface area contributed by atoms with Crippen LogP contribution in [0, 0.1) is 0 Å². The molecular weight excluding hydrogens is 244 g/mol. The van der Waals surface area contributed by atoms with Crippen molar-refractivity contribution in [2.45, 2.75) is 51.6 Å². The van der Waals surface area contributed by atoms with Gasteiger partial charge in [0, 0.05) is 19.1 Å². The van der Waals surface area contributed by atoms with Crippen LogP contribution >= 0.6 is 0 Å². The largest absolute Gasteiger partial charge is 0.480 e. The predicted molar refractivity (Wildman–Crippen MR) is 75.4 cm³/mol. The van der Waals surface area contributed by atoms with Crippen molar-refractivity contribution in [2.24, 2.45) is 0 Å². The lowest BCUT2D eigenvalue weighted by atomic mass is 9.89. The van der Waals surface area contributed by atoms with Crippen LogP contribution in [0.2, 0.25) is 0 Å². The molecule has 0 spiro atoms. The zero-order valence-corrected chi connectivity index (χ0v) is 12.4. The quantitative estimate of drug-likeness (QED) is 0.698. The van der Waals surface area contributed by atoms with E-state index in [1.165, 1.54) is 0 Å². The third-order valence-electron chi connectivity index (χ3n) is 3.76. The maximum Gasteiger partial charge on any atom is 0.323 e. The van der Waals surface area contributed by atoms with Crippen LogP contribution in [0.25, 0.3) is 0 Å². The number of carboxylic acids is 1. The summed E-state index contributed by atoms with van der Waals surface area (Å²) in [6.45, 7) is 10.4. The van der Waals surface area contributed by atoms with E-state index in [-0.39, 0.29) is 6.04 Å². The standard InChI is InChI=1S/C14H28N2O3/c1-4-14(13(17)18,15-12(2)3)6-5-7-16-8-10-19-11-9-16/h12,15H,4-11H2,1-3H3,(H,17,18). The van der Waals surface area contributed by atoms with Gasteiger partial charge in [-0.1, -0.05) is 6.92 Å². The topological polar surface area (TPSA) is 61.8 Å². The van der Waals surface area contributed by atoms with Gasteiger partial charge in [0.2, 0.25) is 0 Å². The van der Waals surface area contributed by atoms with Gasteiger partial charge in [-0.25, -0.2) is 0 Å². The fourth-order valence-electron chi connectivity index (χ4n) is 2.65. The Morgan fingerprint density at radius 3 is 2.53 bits per heavy atom. The van der Waals surface area contributed by atoms with Crippen LogP contribution in [-0.4, -0.2) is 60.4 Å². The SMILES string of the molecule is CCC(CCCN1CCOCC1)(NC(C)C)C(=O)O. The van der Waals surface area contributed by atoms with Crippen LogP contribution in [0.3, 0.4) is 0 Å². The predicted octanol–water partition coefficient (Wildman–Crippen LogP) is 1.33. The molecule has 1 rings (SSSR count). The van der Waals surface area contributed by atoms with Gasteiger partial charge in [0.25, 0.3) is 0 Å². The summed E-state index contributed by atoms with van der Waals surface area (Å²) in [5.41, 5.74) is -0.777. The Balaban J connectivity index is 2.45. The summed E-state index contributed by atoms with van der Waals surface area (Å²) in [7, 11) is 0. The van der Waals surface area contributed by atoms with E-state index in [9.17, 15) is 9.90 Å². The molecular formula is C14H28N2O3. The molecule has 0 aliphatic carbocycles. The van der Waals surface area contributed by atoms with Crippen molar-refractivity contribution >= 4 is 5.97 Å². The maximum absolute atomic E-state index is 11.6. The normalized spacial score (nSPS) is 20.4. The summed E-state index contributed by atoms with van der Waals surface area (Å²) in [6.07, 6.45) is 2.19. The van der Waals surface area contributed by atoms with Gasteiger partial charge < -0.3 is 9.84 Å². The maximum atomic E-state index is 11.6. The molecule has 1 fully saturated rings. The Labute approximate surface area is 116 Å². The lowest BCUT2D eigenvalue weighted by Gasteiger charge is -2.33. The van der Waals surface area contributed by atoms with Gasteiger partial charge in [0.15, 0.2) is 0 Å². The van der Waals surface area contributed by atoms with E-state index in [0.29, 0.717) is 12.8 Å². The van der Waals surface area contributed by atoms with E-state index in [0.717, 1.165) is 39.3 Å². The first-order valence-electron chi connectivity index (χ1n) is 7.31. The lowest BCUT2D eigenvalue weighted by Crippen LogP contribution is -2.54. The van der Waals surface area contributed by atoms with Gasteiger partial charge in [-0.2, -0.15) is 0 Å². The van der Waals surface area contributed by atoms with E-state index in [2.05, 4.69) is 10.2 Å². The molecule has 112 valence electrons. The van der Waals surface area contributed by atoms with Crippen molar-refractivity contribution < 1.29 is 14.6 Å². The Morgan fingerprint density at radius 2 is 2.05 bits per heavy atom. The molecule has 0 bridgehead atoms. The number of hydrogen-bond acceptors (Lipinski definition) is 4. The number of ether oxygens (including phenoxy) is 1. The molecule has 1 aliphatic heterocycles. The Morgan fingerprint density at radius 1 is 1.42 bits per heavy atom. The molecule has 0 radical (unpaired) electrons. The van der Waals surface area contributed by atoms with Crippen molar-refractivity contribution in [3.63, 3.8) is 0 Å². The highest BCUT2D eigenvalue weighted by Gasteiger charge is 2.36. The van der Waals surface area contributed by atoms with Crippen LogP contribution in [0.5, 0.6) is 0 Å². The third kappa shape index (κ3) is 5.09. The van der Waals surface area contributed by atoms with Crippen LogP contribution in [0.1, 0.15) is 40.0 Å². The Kier molecular flexibility index (Phi) is 6.75. The van der Waals surface area contributed by atoms with E-state index in [4.69, 9.17) is 4.74 Å². The molecule has 1 aliphatic rings. The van der Waals surface area contributed by atoms with E-state index in [1.54, 1.807) is 0 Å². The van der Waals surface area contributed by atoms with Crippen molar-refractivity contribution in [3.05, 3.63) is 0 Å². The summed E-state index contributed by atoms with van der Waals surface area (Å²) in [6, 6.07) is 0.180. The van der Waals surface area contributed by atoms with Crippen LogP contribution in [0.4, 0.5) is 0 Å². The van der Waals surface area contributed by atoms with Gasteiger partial charge in [-0.05, 0) is 39.7 Å². The number of nitrogens with one attached hydrogen (secondary N) is 1. The second-order valence-corrected chi connectivity index (χ2v) is 5.60. The summed E-state index contributed by atoms with van der Waals surface area (Å²) in [5, 5.41) is 12.8. The van der Waals surface area contributed by atoms with Crippen LogP contribution < -0.4 is 5.32 Å². The fraction of sp³-hybridized carbons (Fsp3) is 0.929. The summed E-state index contributed by atoms with van der Waals surface area (Å²) in [5.74, 6) is -0.731. The Bertz CT molecular complexity index is 278. The summed E-state index contributed by atoms with van der Waals surface area (Å²) in [4.78, 5) is 13.9. The van der Waals surface area contributed by atoms with Crippen LogP contribution in [-0.2, 0) is 9.53 Å². The number of morpholine rings is 1. The minimum atomic E-state index is -0.777. The van der Waals surface area contributed by atoms with Gasteiger partial charge in [0.1, 0.15) is 5.54 Å². The molecule has 19 heavy (non-hydrogen) atoms. The lowest BCUT2D eigenvalue weighted by molar-refractivity contribution is -0.146.